The van der Waals surface area contributed by atoms with Crippen molar-refractivity contribution in [2.75, 3.05) is 0 Å². The van der Waals surface area contributed by atoms with E-state index in [1.807, 2.05) is 48.5 Å². The Morgan fingerprint density at radius 1 is 0.279 bits per heavy atom. The minimum absolute atomic E-state index is 0.570. The first-order chi connectivity index (χ1) is 33.7. The highest BCUT2D eigenvalue weighted by Crippen LogP contribution is 2.41. The van der Waals surface area contributed by atoms with Crippen LogP contribution in [0.4, 0.5) is 0 Å². The molecule has 0 fully saturated rings. The Morgan fingerprint density at radius 3 is 1.47 bits per heavy atom. The lowest BCUT2D eigenvalue weighted by Gasteiger charge is -2.12. The molecule has 13 rings (SSSR count). The highest BCUT2D eigenvalue weighted by molar-refractivity contribution is 6.13. The van der Waals surface area contributed by atoms with Crippen molar-refractivity contribution in [3.63, 3.8) is 0 Å². The SMILES string of the molecule is c1ccc(-c2cc(-c3ccccc3)cc(-c3nc(-c4ccccc4)nc(-c4ccc5c(c4)oc4cccc(-c6ccc(-c7ccc8c9ccccc9n(-c9ccccc9)c8c7)cc6)c45)n3)c2)cc1. The molecule has 3 heterocycles. The van der Waals surface area contributed by atoms with Crippen LogP contribution in [0.2, 0.25) is 0 Å². The van der Waals surface area contributed by atoms with Crippen molar-refractivity contribution in [2.45, 2.75) is 0 Å². The first-order valence-electron chi connectivity index (χ1n) is 22.9. The van der Waals surface area contributed by atoms with Crippen LogP contribution in [-0.4, -0.2) is 19.5 Å². The van der Waals surface area contributed by atoms with E-state index in [4.69, 9.17) is 19.4 Å². The van der Waals surface area contributed by atoms with Crippen molar-refractivity contribution >= 4 is 43.7 Å². The Kier molecular flexibility index (Phi) is 9.43. The number of hydrogen-bond acceptors (Lipinski definition) is 4. The van der Waals surface area contributed by atoms with Crippen molar-refractivity contribution in [2.24, 2.45) is 0 Å². The quantitative estimate of drug-likeness (QED) is 0.153. The average Bonchev–Trinajstić information content (AvgIpc) is 3.97. The summed E-state index contributed by atoms with van der Waals surface area (Å²) in [4.78, 5) is 15.4. The van der Waals surface area contributed by atoms with Crippen molar-refractivity contribution in [3.05, 3.63) is 243 Å². The third-order valence-electron chi connectivity index (χ3n) is 13.0. The van der Waals surface area contributed by atoms with Gasteiger partial charge in [-0.3, -0.25) is 0 Å². The molecule has 3 aromatic heterocycles. The van der Waals surface area contributed by atoms with Crippen LogP contribution in [0.3, 0.4) is 0 Å². The molecule has 10 aromatic carbocycles. The third-order valence-corrected chi connectivity index (χ3v) is 13.0. The van der Waals surface area contributed by atoms with Gasteiger partial charge in [-0.15, -0.1) is 0 Å². The minimum atomic E-state index is 0.570. The zero-order valence-electron chi connectivity index (χ0n) is 36.8. The summed E-state index contributed by atoms with van der Waals surface area (Å²) < 4.78 is 9.04. The van der Waals surface area contributed by atoms with Crippen LogP contribution in [0.1, 0.15) is 0 Å². The Hall–Kier alpha value is -9.19. The van der Waals surface area contributed by atoms with E-state index in [0.717, 1.165) is 83.3 Å². The van der Waals surface area contributed by atoms with E-state index in [2.05, 4.69) is 199 Å². The summed E-state index contributed by atoms with van der Waals surface area (Å²) in [5, 5.41) is 4.59. The van der Waals surface area contributed by atoms with Gasteiger partial charge >= 0.3 is 0 Å². The van der Waals surface area contributed by atoms with Crippen LogP contribution in [0.15, 0.2) is 247 Å². The molecule has 318 valence electrons. The second-order valence-electron chi connectivity index (χ2n) is 17.2. The molecule has 0 aliphatic rings. The van der Waals surface area contributed by atoms with Crippen LogP contribution < -0.4 is 0 Å². The smallest absolute Gasteiger partial charge is 0.164 e. The zero-order valence-corrected chi connectivity index (χ0v) is 36.8. The van der Waals surface area contributed by atoms with Crippen LogP contribution >= 0.6 is 0 Å². The standard InChI is InChI=1S/C63H40N4O/c1-5-16-41(17-6-1)48-36-49(42-18-7-2-8-19-42)38-50(37-48)63-65-61(45-20-9-3-10-21-45)64-62(66-63)47-33-35-55-59(40-47)68-58-27-15-25-52(60(55)58)44-30-28-43(29-31-44)46-32-34-54-53-24-13-14-26-56(53)67(57(54)39-46)51-22-11-4-12-23-51/h1-40H. The number of furan rings is 1. The molecule has 0 spiro atoms. The maximum atomic E-state index is 6.67. The molecule has 0 unspecified atom stereocenters. The van der Waals surface area contributed by atoms with Gasteiger partial charge in [0.05, 0.1) is 11.0 Å². The predicted molar refractivity (Wildman–Crippen MR) is 279 cm³/mol. The second kappa shape index (κ2) is 16.4. The zero-order chi connectivity index (χ0) is 45.0. The van der Waals surface area contributed by atoms with Gasteiger partial charge < -0.3 is 8.98 Å². The van der Waals surface area contributed by atoms with Gasteiger partial charge in [-0.25, -0.2) is 15.0 Å². The van der Waals surface area contributed by atoms with Crippen LogP contribution in [0.25, 0.3) is 128 Å². The molecule has 0 bridgehead atoms. The van der Waals surface area contributed by atoms with Crippen LogP contribution in [0.5, 0.6) is 0 Å². The molecular weight excluding hydrogens is 829 g/mol. The predicted octanol–water partition coefficient (Wildman–Crippen LogP) is 16.5. The monoisotopic (exact) mass is 868 g/mol. The summed E-state index contributed by atoms with van der Waals surface area (Å²) in [6, 6.07) is 85.2. The number of fused-ring (bicyclic) bond motifs is 6. The summed E-state index contributed by atoms with van der Waals surface area (Å²) in [5.74, 6) is 1.77. The van der Waals surface area contributed by atoms with E-state index in [1.54, 1.807) is 0 Å². The lowest BCUT2D eigenvalue weighted by molar-refractivity contribution is 0.669. The van der Waals surface area contributed by atoms with Crippen molar-refractivity contribution in [3.8, 4) is 84.4 Å². The molecule has 0 aliphatic carbocycles. The summed E-state index contributed by atoms with van der Waals surface area (Å²) in [7, 11) is 0. The normalized spacial score (nSPS) is 11.5. The lowest BCUT2D eigenvalue weighted by Crippen LogP contribution is -2.00. The first-order valence-corrected chi connectivity index (χ1v) is 22.9. The Morgan fingerprint density at radius 2 is 0.779 bits per heavy atom. The molecular formula is C63H40N4O. The molecule has 5 nitrogen and oxygen atoms in total. The molecule has 0 radical (unpaired) electrons. The lowest BCUT2D eigenvalue weighted by atomic mass is 9.95. The molecule has 0 atom stereocenters. The second-order valence-corrected chi connectivity index (χ2v) is 17.2. The number of nitrogens with zero attached hydrogens (tertiary/aromatic N) is 4. The Labute approximate surface area is 392 Å². The van der Waals surface area contributed by atoms with Gasteiger partial charge in [-0.2, -0.15) is 0 Å². The highest BCUT2D eigenvalue weighted by Gasteiger charge is 2.19. The average molecular weight is 869 g/mol. The molecule has 68 heavy (non-hydrogen) atoms. The molecule has 0 amide bonds. The van der Waals surface area contributed by atoms with Gasteiger partial charge in [0.15, 0.2) is 17.5 Å². The summed E-state index contributed by atoms with van der Waals surface area (Å²) in [5.41, 5.74) is 16.8. The van der Waals surface area contributed by atoms with Gasteiger partial charge in [0.2, 0.25) is 0 Å². The van der Waals surface area contributed by atoms with Gasteiger partial charge in [0.1, 0.15) is 11.2 Å². The maximum Gasteiger partial charge on any atom is 0.164 e. The molecule has 5 heteroatoms. The first kappa shape index (κ1) is 39.2. The summed E-state index contributed by atoms with van der Waals surface area (Å²) >= 11 is 0. The molecule has 0 saturated carbocycles. The molecule has 13 aromatic rings. The Bertz CT molecular complexity index is 3930. The van der Waals surface area contributed by atoms with Crippen molar-refractivity contribution in [1.29, 1.82) is 0 Å². The number of aromatic nitrogens is 4. The summed E-state index contributed by atoms with van der Waals surface area (Å²) in [6.07, 6.45) is 0. The fourth-order valence-corrected chi connectivity index (χ4v) is 9.75. The van der Waals surface area contributed by atoms with E-state index >= 15 is 0 Å². The van der Waals surface area contributed by atoms with Gasteiger partial charge in [-0.05, 0) is 105 Å². The molecule has 0 aliphatic heterocycles. The topological polar surface area (TPSA) is 56.7 Å². The van der Waals surface area contributed by atoms with Crippen LogP contribution in [0, 0.1) is 0 Å². The van der Waals surface area contributed by atoms with Gasteiger partial charge in [-0.1, -0.05) is 182 Å². The molecule has 0 N–H and O–H groups in total. The minimum Gasteiger partial charge on any atom is -0.456 e. The van der Waals surface area contributed by atoms with Gasteiger partial charge in [0, 0.05) is 43.9 Å². The number of rotatable bonds is 8. The van der Waals surface area contributed by atoms with Crippen molar-refractivity contribution < 1.29 is 4.42 Å². The van der Waals surface area contributed by atoms with E-state index in [9.17, 15) is 0 Å². The fraction of sp³-hybridized carbons (Fsp3) is 0. The van der Waals surface area contributed by atoms with E-state index in [1.165, 1.54) is 27.4 Å². The fourth-order valence-electron chi connectivity index (χ4n) is 9.75. The van der Waals surface area contributed by atoms with E-state index in [0.29, 0.717) is 17.5 Å². The number of hydrogen-bond donors (Lipinski definition) is 0. The number of benzene rings is 10. The largest absolute Gasteiger partial charge is 0.456 e. The number of para-hydroxylation sites is 2. The molecule has 0 saturated heterocycles. The third kappa shape index (κ3) is 6.93. The van der Waals surface area contributed by atoms with E-state index < -0.39 is 0 Å². The van der Waals surface area contributed by atoms with Crippen molar-refractivity contribution in [1.82, 2.24) is 19.5 Å². The van der Waals surface area contributed by atoms with Crippen LogP contribution in [-0.2, 0) is 0 Å². The summed E-state index contributed by atoms with van der Waals surface area (Å²) in [6.45, 7) is 0. The van der Waals surface area contributed by atoms with E-state index in [-0.39, 0.29) is 0 Å². The highest BCUT2D eigenvalue weighted by atomic mass is 16.3. The van der Waals surface area contributed by atoms with Gasteiger partial charge in [0.25, 0.3) is 0 Å². The Balaban J connectivity index is 0.890. The maximum absolute atomic E-state index is 6.67.